The number of likely N-dealkylation sites (tertiary alicyclic amines) is 1. The van der Waals surface area contributed by atoms with E-state index in [-0.39, 0.29) is 11.7 Å². The third kappa shape index (κ3) is 2.00. The van der Waals surface area contributed by atoms with Gasteiger partial charge in [0.2, 0.25) is 5.91 Å². The third-order valence-corrected chi connectivity index (χ3v) is 6.38. The average molecular weight is 279 g/mol. The molecule has 1 saturated heterocycles. The summed E-state index contributed by atoms with van der Waals surface area (Å²) in [7, 11) is 1.71. The number of nitrogens with zero attached hydrogens (tertiary/aromatic N) is 1. The first kappa shape index (κ1) is 13.1. The Morgan fingerprint density at radius 3 is 2.45 bits per heavy atom. The maximum Gasteiger partial charge on any atom is 0.223 e. The van der Waals surface area contributed by atoms with Gasteiger partial charge in [-0.05, 0) is 55.8 Å². The molecule has 5 aliphatic rings. The van der Waals surface area contributed by atoms with E-state index in [1.807, 2.05) is 4.90 Å². The molecule has 20 heavy (non-hydrogen) atoms. The maximum absolute atomic E-state index is 12.4. The van der Waals surface area contributed by atoms with E-state index in [2.05, 4.69) is 0 Å². The van der Waals surface area contributed by atoms with Crippen molar-refractivity contribution >= 4 is 5.91 Å². The largest absolute Gasteiger partial charge is 0.390 e. The lowest BCUT2D eigenvalue weighted by Gasteiger charge is -2.58. The van der Waals surface area contributed by atoms with Crippen LogP contribution in [-0.4, -0.2) is 47.8 Å². The Bertz CT molecular complexity index is 402. The van der Waals surface area contributed by atoms with Crippen LogP contribution in [-0.2, 0) is 9.53 Å². The molecule has 0 radical (unpaired) electrons. The molecule has 4 heteroatoms. The van der Waals surface area contributed by atoms with Gasteiger partial charge < -0.3 is 14.7 Å². The van der Waals surface area contributed by atoms with Gasteiger partial charge in [-0.1, -0.05) is 0 Å². The Kier molecular flexibility index (Phi) is 2.90. The van der Waals surface area contributed by atoms with E-state index in [4.69, 9.17) is 4.74 Å². The summed E-state index contributed by atoms with van der Waals surface area (Å²) in [4.78, 5) is 14.3. The number of hydrogen-bond acceptors (Lipinski definition) is 3. The lowest BCUT2D eigenvalue weighted by molar-refractivity contribution is -0.165. The number of aliphatic hydroxyl groups is 1. The number of methoxy groups -OCH3 is 1. The van der Waals surface area contributed by atoms with Gasteiger partial charge in [0.15, 0.2) is 0 Å². The van der Waals surface area contributed by atoms with Gasteiger partial charge in [-0.15, -0.1) is 0 Å². The second-order valence-electron chi connectivity index (χ2n) is 7.72. The predicted molar refractivity (Wildman–Crippen MR) is 74.0 cm³/mol. The van der Waals surface area contributed by atoms with E-state index >= 15 is 0 Å². The lowest BCUT2D eigenvalue weighted by Crippen LogP contribution is -2.57. The van der Waals surface area contributed by atoms with Crippen molar-refractivity contribution in [3.05, 3.63) is 0 Å². The van der Waals surface area contributed by atoms with Crippen molar-refractivity contribution in [2.75, 3.05) is 20.2 Å². The highest BCUT2D eigenvalue weighted by Crippen LogP contribution is 2.59. The van der Waals surface area contributed by atoms with Crippen LogP contribution in [0.4, 0.5) is 0 Å². The van der Waals surface area contributed by atoms with Crippen LogP contribution in [0.5, 0.6) is 0 Å². The van der Waals surface area contributed by atoms with Crippen molar-refractivity contribution in [1.29, 1.82) is 0 Å². The van der Waals surface area contributed by atoms with E-state index in [0.29, 0.717) is 30.1 Å². The molecule has 0 spiro atoms. The van der Waals surface area contributed by atoms with Gasteiger partial charge in [-0.3, -0.25) is 4.79 Å². The van der Waals surface area contributed by atoms with Crippen molar-refractivity contribution in [2.45, 2.75) is 50.2 Å². The van der Waals surface area contributed by atoms with Crippen molar-refractivity contribution in [3.63, 3.8) is 0 Å². The first-order valence-electron chi connectivity index (χ1n) is 8.09. The number of hydrogen-bond donors (Lipinski definition) is 1. The molecule has 1 aliphatic heterocycles. The van der Waals surface area contributed by atoms with Gasteiger partial charge in [-0.2, -0.15) is 0 Å². The third-order valence-electron chi connectivity index (χ3n) is 6.38. The van der Waals surface area contributed by atoms with Gasteiger partial charge in [0.25, 0.3) is 0 Å². The molecule has 0 aromatic rings. The highest BCUT2D eigenvalue weighted by Gasteiger charge is 2.55. The fourth-order valence-electron chi connectivity index (χ4n) is 5.54. The highest BCUT2D eigenvalue weighted by atomic mass is 16.5. The summed E-state index contributed by atoms with van der Waals surface area (Å²) in [5, 5.41) is 10.6. The summed E-state index contributed by atoms with van der Waals surface area (Å²) in [6.45, 7) is 1.54. The van der Waals surface area contributed by atoms with Crippen LogP contribution in [0, 0.1) is 23.7 Å². The number of carbonyl (C=O) groups excluding carboxylic acids is 1. The van der Waals surface area contributed by atoms with Crippen LogP contribution in [0.25, 0.3) is 0 Å². The second-order valence-corrected chi connectivity index (χ2v) is 7.72. The summed E-state index contributed by atoms with van der Waals surface area (Å²) in [5.74, 6) is 2.75. The van der Waals surface area contributed by atoms with Crippen LogP contribution in [0.1, 0.15) is 38.5 Å². The Labute approximate surface area is 120 Å². The summed E-state index contributed by atoms with van der Waals surface area (Å²) in [6, 6.07) is 0. The van der Waals surface area contributed by atoms with Gasteiger partial charge in [0, 0.05) is 26.6 Å². The molecule has 2 unspecified atom stereocenters. The molecule has 112 valence electrons. The zero-order valence-corrected chi connectivity index (χ0v) is 12.3. The molecular formula is C16H25NO3. The number of carbonyl (C=O) groups is 1. The Morgan fingerprint density at radius 1 is 1.25 bits per heavy atom. The minimum Gasteiger partial charge on any atom is -0.390 e. The lowest BCUT2D eigenvalue weighted by atomic mass is 9.49. The predicted octanol–water partition coefficient (Wildman–Crippen LogP) is 1.42. The van der Waals surface area contributed by atoms with E-state index in [0.717, 1.165) is 38.3 Å². The molecule has 1 heterocycles. The van der Waals surface area contributed by atoms with E-state index < -0.39 is 0 Å². The minimum absolute atomic E-state index is 0.248. The van der Waals surface area contributed by atoms with Crippen molar-refractivity contribution in [1.82, 2.24) is 4.90 Å². The van der Waals surface area contributed by atoms with Crippen molar-refractivity contribution in [3.8, 4) is 0 Å². The summed E-state index contributed by atoms with van der Waals surface area (Å²) in [5.41, 5.74) is -0.381. The van der Waals surface area contributed by atoms with E-state index in [1.165, 1.54) is 12.8 Å². The van der Waals surface area contributed by atoms with E-state index in [1.54, 1.807) is 7.11 Å². The van der Waals surface area contributed by atoms with E-state index in [9.17, 15) is 9.90 Å². The first-order chi connectivity index (χ1) is 9.56. The Morgan fingerprint density at radius 2 is 1.90 bits per heavy atom. The van der Waals surface area contributed by atoms with Crippen LogP contribution < -0.4 is 0 Å². The average Bonchev–Trinajstić information content (AvgIpc) is 2.30. The van der Waals surface area contributed by atoms with Gasteiger partial charge in [-0.25, -0.2) is 0 Å². The SMILES string of the molecule is COC1CN(C(=O)C[C@H]2C3CC4CC2C[C@](O)(C4)C3)C1. The molecule has 5 rings (SSSR count). The molecular weight excluding hydrogens is 254 g/mol. The molecule has 4 nitrogen and oxygen atoms in total. The zero-order chi connectivity index (χ0) is 13.9. The van der Waals surface area contributed by atoms with Gasteiger partial charge >= 0.3 is 0 Å². The molecule has 1 N–H and O–H groups in total. The minimum atomic E-state index is -0.381. The molecule has 1 amide bonds. The fourth-order valence-corrected chi connectivity index (χ4v) is 5.54. The monoisotopic (exact) mass is 279 g/mol. The normalized spacial score (nSPS) is 46.6. The topological polar surface area (TPSA) is 49.8 Å². The second kappa shape index (κ2) is 4.44. The molecule has 0 aromatic heterocycles. The van der Waals surface area contributed by atoms with Crippen LogP contribution >= 0.6 is 0 Å². The molecule has 0 aromatic carbocycles. The fraction of sp³-hybridized carbons (Fsp3) is 0.938. The molecule has 4 bridgehead atoms. The summed E-state index contributed by atoms with van der Waals surface area (Å²) < 4.78 is 5.24. The van der Waals surface area contributed by atoms with Crippen molar-refractivity contribution in [2.24, 2.45) is 23.7 Å². The molecule has 2 atom stereocenters. The van der Waals surface area contributed by atoms with Crippen LogP contribution in [0.3, 0.4) is 0 Å². The highest BCUT2D eigenvalue weighted by molar-refractivity contribution is 5.77. The van der Waals surface area contributed by atoms with Crippen LogP contribution in [0.15, 0.2) is 0 Å². The van der Waals surface area contributed by atoms with Crippen molar-refractivity contribution < 1.29 is 14.6 Å². The maximum atomic E-state index is 12.4. The Hall–Kier alpha value is -0.610. The Balaban J connectivity index is 1.39. The summed E-state index contributed by atoms with van der Waals surface area (Å²) in [6.07, 6.45) is 6.35. The molecule has 4 saturated carbocycles. The number of ether oxygens (including phenoxy) is 1. The number of amides is 1. The molecule has 5 fully saturated rings. The standard InChI is InChI=1S/C16H25NO3/c1-20-13-8-17(9-13)15(18)4-14-11-2-10-3-12(14)7-16(19,5-10)6-11/h10-14,19H,2-9H2,1H3/t10?,11?,12?,14-,16-. The zero-order valence-electron chi connectivity index (χ0n) is 12.3. The van der Waals surface area contributed by atoms with Gasteiger partial charge in [0.1, 0.15) is 0 Å². The summed E-state index contributed by atoms with van der Waals surface area (Å²) >= 11 is 0. The molecule has 4 aliphatic carbocycles. The van der Waals surface area contributed by atoms with Gasteiger partial charge in [0.05, 0.1) is 11.7 Å². The smallest absolute Gasteiger partial charge is 0.223 e. The van der Waals surface area contributed by atoms with Crippen LogP contribution in [0.2, 0.25) is 0 Å². The number of rotatable bonds is 3. The first-order valence-corrected chi connectivity index (χ1v) is 8.09. The quantitative estimate of drug-likeness (QED) is 0.850.